The lowest BCUT2D eigenvalue weighted by Crippen LogP contribution is -2.23. The highest BCUT2D eigenvalue weighted by Crippen LogP contribution is 2.34. The fourth-order valence-electron chi connectivity index (χ4n) is 3.71. The minimum atomic E-state index is -4.86. The van der Waals surface area contributed by atoms with Crippen molar-refractivity contribution < 1.29 is 22.8 Å². The molecule has 0 spiro atoms. The van der Waals surface area contributed by atoms with Crippen LogP contribution in [0, 0.1) is 0 Å². The fourth-order valence-corrected chi connectivity index (χ4v) is 4.28. The summed E-state index contributed by atoms with van der Waals surface area (Å²) in [5.74, 6) is -2.68. The smallest absolute Gasteiger partial charge is 0.378 e. The van der Waals surface area contributed by atoms with Gasteiger partial charge in [-0.1, -0.05) is 35.3 Å². The predicted octanol–water partition coefficient (Wildman–Crippen LogP) is 6.32. The Bertz CT molecular complexity index is 1460. The molecule has 2 N–H and O–H groups in total. The molecule has 0 atom stereocenters. The molecule has 0 radical (unpaired) electrons. The van der Waals surface area contributed by atoms with Crippen LogP contribution in [0.25, 0.3) is 11.0 Å². The fraction of sp³-hybridized carbons (Fsp3) is 0.160. The number of carbonyl (C=O) groups excluding carboxylic acids is 2. The summed E-state index contributed by atoms with van der Waals surface area (Å²) in [4.78, 5) is 31.1. The topological polar surface area (TPSA) is 79.3 Å². The lowest BCUT2D eigenvalue weighted by molar-refractivity contribution is -0.147. The molecule has 0 saturated carbocycles. The van der Waals surface area contributed by atoms with Gasteiger partial charge in [0.2, 0.25) is 11.7 Å². The summed E-state index contributed by atoms with van der Waals surface area (Å²) < 4.78 is 42.5. The number of nitrogens with zero attached hydrogens (tertiary/aromatic N) is 3. The third-order valence-corrected chi connectivity index (χ3v) is 6.07. The summed E-state index contributed by atoms with van der Waals surface area (Å²) in [6, 6.07) is 15.5. The van der Waals surface area contributed by atoms with Crippen LogP contribution in [-0.4, -0.2) is 35.5 Å². The second-order valence-electron chi connectivity index (χ2n) is 8.23. The summed E-state index contributed by atoms with van der Waals surface area (Å²) in [6.07, 6.45) is -4.86. The maximum atomic E-state index is 13.9. The number of fused-ring (bicyclic) bond motifs is 1. The van der Waals surface area contributed by atoms with Crippen molar-refractivity contribution in [2.24, 2.45) is 0 Å². The maximum Gasteiger partial charge on any atom is 0.449 e. The van der Waals surface area contributed by atoms with Crippen LogP contribution in [0.4, 0.5) is 30.2 Å². The summed E-state index contributed by atoms with van der Waals surface area (Å²) in [5.41, 5.74) is 1.16. The standard InChI is InChI=1S/C25H20Cl2F3N5O2/c1-34(2)15-11-9-14(10-12-15)31-20(36)13-35-19-8-4-7-18(22(19)33-24(35)25(28,29)30)32-23(37)21-16(26)5-3-6-17(21)27/h3-12H,13H2,1-2H3,(H,31,36)(H,32,37). The Morgan fingerprint density at radius 3 is 2.16 bits per heavy atom. The summed E-state index contributed by atoms with van der Waals surface area (Å²) in [7, 11) is 3.71. The van der Waals surface area contributed by atoms with Gasteiger partial charge < -0.3 is 20.1 Å². The normalized spacial score (nSPS) is 11.4. The van der Waals surface area contributed by atoms with Gasteiger partial charge in [-0.25, -0.2) is 4.98 Å². The van der Waals surface area contributed by atoms with Crippen LogP contribution in [-0.2, 0) is 17.5 Å². The molecule has 0 bridgehead atoms. The van der Waals surface area contributed by atoms with Crippen molar-refractivity contribution in [1.29, 1.82) is 0 Å². The van der Waals surface area contributed by atoms with Crippen molar-refractivity contribution in [2.75, 3.05) is 29.6 Å². The molecular formula is C25H20Cl2F3N5O2. The third-order valence-electron chi connectivity index (χ3n) is 5.44. The molecule has 1 heterocycles. The van der Waals surface area contributed by atoms with Gasteiger partial charge in [0.05, 0.1) is 26.8 Å². The van der Waals surface area contributed by atoms with Gasteiger partial charge in [-0.2, -0.15) is 13.2 Å². The zero-order valence-corrected chi connectivity index (χ0v) is 21.0. The molecule has 4 aromatic rings. The molecule has 2 amide bonds. The van der Waals surface area contributed by atoms with E-state index in [1.54, 1.807) is 30.3 Å². The van der Waals surface area contributed by atoms with Gasteiger partial charge in [0.25, 0.3) is 5.91 Å². The molecule has 0 aliphatic carbocycles. The monoisotopic (exact) mass is 549 g/mol. The number of benzene rings is 3. The zero-order valence-electron chi connectivity index (χ0n) is 19.5. The van der Waals surface area contributed by atoms with Crippen LogP contribution >= 0.6 is 23.2 Å². The van der Waals surface area contributed by atoms with Gasteiger partial charge >= 0.3 is 6.18 Å². The Kier molecular flexibility index (Phi) is 7.33. The highest BCUT2D eigenvalue weighted by atomic mass is 35.5. The molecule has 192 valence electrons. The molecular weight excluding hydrogens is 530 g/mol. The first kappa shape index (κ1) is 26.3. The number of para-hydroxylation sites is 1. The third kappa shape index (κ3) is 5.65. The number of aromatic nitrogens is 2. The number of anilines is 3. The summed E-state index contributed by atoms with van der Waals surface area (Å²) >= 11 is 12.2. The van der Waals surface area contributed by atoms with E-state index < -0.39 is 30.4 Å². The zero-order chi connectivity index (χ0) is 26.9. The number of alkyl halides is 3. The molecule has 4 rings (SSSR count). The van der Waals surface area contributed by atoms with E-state index >= 15 is 0 Å². The van der Waals surface area contributed by atoms with Gasteiger partial charge in [-0.05, 0) is 48.5 Å². The van der Waals surface area contributed by atoms with E-state index in [1.807, 2.05) is 19.0 Å². The number of rotatable bonds is 6. The summed E-state index contributed by atoms with van der Waals surface area (Å²) in [5, 5.41) is 5.28. The van der Waals surface area contributed by atoms with Crippen molar-refractivity contribution in [1.82, 2.24) is 9.55 Å². The van der Waals surface area contributed by atoms with Crippen molar-refractivity contribution in [3.63, 3.8) is 0 Å². The van der Waals surface area contributed by atoms with Crippen LogP contribution in [0.3, 0.4) is 0 Å². The highest BCUT2D eigenvalue weighted by molar-refractivity contribution is 6.40. The lowest BCUT2D eigenvalue weighted by Gasteiger charge is -2.14. The van der Waals surface area contributed by atoms with Gasteiger partial charge in [0, 0.05) is 25.5 Å². The van der Waals surface area contributed by atoms with Gasteiger partial charge in [0.15, 0.2) is 0 Å². The quantitative estimate of drug-likeness (QED) is 0.295. The Hall–Kier alpha value is -3.76. The van der Waals surface area contributed by atoms with E-state index in [0.29, 0.717) is 5.69 Å². The number of imidazole rings is 1. The maximum absolute atomic E-state index is 13.9. The lowest BCUT2D eigenvalue weighted by atomic mass is 10.2. The van der Waals surface area contributed by atoms with E-state index in [4.69, 9.17) is 23.2 Å². The highest BCUT2D eigenvalue weighted by Gasteiger charge is 2.38. The molecule has 1 aromatic heterocycles. The van der Waals surface area contributed by atoms with Gasteiger partial charge in [-0.15, -0.1) is 0 Å². The molecule has 7 nitrogen and oxygen atoms in total. The van der Waals surface area contributed by atoms with Crippen molar-refractivity contribution >= 4 is 63.1 Å². The first-order valence-electron chi connectivity index (χ1n) is 10.8. The molecule has 0 unspecified atom stereocenters. The van der Waals surface area contributed by atoms with Crippen molar-refractivity contribution in [3.05, 3.63) is 82.1 Å². The first-order valence-corrected chi connectivity index (χ1v) is 11.6. The molecule has 0 aliphatic heterocycles. The molecule has 0 aliphatic rings. The average Bonchev–Trinajstić information content (AvgIpc) is 3.19. The van der Waals surface area contributed by atoms with Crippen LogP contribution < -0.4 is 15.5 Å². The van der Waals surface area contributed by atoms with Crippen LogP contribution in [0.5, 0.6) is 0 Å². The molecule has 37 heavy (non-hydrogen) atoms. The van der Waals surface area contributed by atoms with E-state index in [9.17, 15) is 22.8 Å². The number of hydrogen-bond donors (Lipinski definition) is 2. The minimum absolute atomic E-state index is 0.00224. The first-order chi connectivity index (χ1) is 17.5. The largest absolute Gasteiger partial charge is 0.449 e. The Balaban J connectivity index is 1.67. The Labute approximate surface area is 219 Å². The Morgan fingerprint density at radius 2 is 1.57 bits per heavy atom. The summed E-state index contributed by atoms with van der Waals surface area (Å²) in [6.45, 7) is -0.658. The number of carbonyl (C=O) groups is 2. The second-order valence-corrected chi connectivity index (χ2v) is 9.05. The average molecular weight is 550 g/mol. The molecule has 0 saturated heterocycles. The van der Waals surface area contributed by atoms with Crippen LogP contribution in [0.15, 0.2) is 60.7 Å². The molecule has 0 fully saturated rings. The van der Waals surface area contributed by atoms with Crippen molar-refractivity contribution in [2.45, 2.75) is 12.7 Å². The van der Waals surface area contributed by atoms with E-state index in [0.717, 1.165) is 10.3 Å². The number of hydrogen-bond acceptors (Lipinski definition) is 4. The van der Waals surface area contributed by atoms with Crippen molar-refractivity contribution in [3.8, 4) is 0 Å². The van der Waals surface area contributed by atoms with E-state index in [2.05, 4.69) is 15.6 Å². The Morgan fingerprint density at radius 1 is 0.946 bits per heavy atom. The number of amides is 2. The van der Waals surface area contributed by atoms with Crippen LogP contribution in [0.1, 0.15) is 16.2 Å². The van der Waals surface area contributed by atoms with E-state index in [-0.39, 0.29) is 32.3 Å². The second kappa shape index (κ2) is 10.3. The molecule has 3 aromatic carbocycles. The SMILES string of the molecule is CN(C)c1ccc(NC(=O)Cn2c(C(F)(F)F)nc3c(NC(=O)c4c(Cl)cccc4Cl)cccc32)cc1. The minimum Gasteiger partial charge on any atom is -0.378 e. The number of halogens is 5. The number of nitrogens with one attached hydrogen (secondary N) is 2. The van der Waals surface area contributed by atoms with E-state index in [1.165, 1.54) is 30.3 Å². The molecule has 12 heteroatoms. The predicted molar refractivity (Wildman–Crippen MR) is 139 cm³/mol. The van der Waals surface area contributed by atoms with Gasteiger partial charge in [0.1, 0.15) is 12.1 Å². The van der Waals surface area contributed by atoms with Crippen LogP contribution in [0.2, 0.25) is 10.0 Å². The van der Waals surface area contributed by atoms with Gasteiger partial charge in [-0.3, -0.25) is 9.59 Å².